The molecule has 0 radical (unpaired) electrons. The summed E-state index contributed by atoms with van der Waals surface area (Å²) in [7, 11) is -9.24. The Balaban J connectivity index is 5.36. The zero-order chi connectivity index (χ0) is 20.8. The molecule has 0 saturated carbocycles. The normalized spacial score (nSPS) is 12.5. The Hall–Kier alpha value is -1.60. The molecule has 0 heterocycles. The highest BCUT2D eigenvalue weighted by atomic mass is 32.2. The van der Waals surface area contributed by atoms with Crippen LogP contribution < -0.4 is 0 Å². The van der Waals surface area contributed by atoms with Crippen LogP contribution in [0.1, 0.15) is 39.5 Å². The molecule has 0 fully saturated rings. The van der Waals surface area contributed by atoms with Crippen molar-refractivity contribution in [2.45, 2.75) is 51.2 Å². The third kappa shape index (κ3) is 10.3. The molecular formula is C12H24N6O6S2Si. The fourth-order valence-corrected chi connectivity index (χ4v) is 7.27. The maximum absolute atomic E-state index is 11.4. The Morgan fingerprint density at radius 2 is 1.78 bits per heavy atom. The molecule has 0 spiro atoms. The van der Waals surface area contributed by atoms with Gasteiger partial charge in [0.25, 0.3) is 0 Å². The van der Waals surface area contributed by atoms with Gasteiger partial charge in [-0.3, -0.25) is 0 Å². The largest absolute Gasteiger partial charge is 0.394 e. The van der Waals surface area contributed by atoms with Gasteiger partial charge in [-0.25, -0.2) is 8.42 Å². The monoisotopic (exact) mass is 440 g/mol. The van der Waals surface area contributed by atoms with Gasteiger partial charge < -0.3 is 8.85 Å². The lowest BCUT2D eigenvalue weighted by Crippen LogP contribution is -2.52. The van der Waals surface area contributed by atoms with Gasteiger partial charge in [-0.15, -0.1) is 0 Å². The number of hydrogen-bond acceptors (Lipinski definition) is 7. The fraction of sp³-hybridized carbons (Fsp3) is 0.917. The van der Waals surface area contributed by atoms with Crippen molar-refractivity contribution in [2.75, 3.05) is 19.0 Å². The zero-order valence-corrected chi connectivity index (χ0v) is 17.9. The van der Waals surface area contributed by atoms with E-state index in [1.54, 1.807) is 13.8 Å². The average Bonchev–Trinajstić information content (AvgIpc) is 2.58. The lowest BCUT2D eigenvalue weighted by atomic mass is 10.3. The minimum Gasteiger partial charge on any atom is -0.394 e. The maximum Gasteiger partial charge on any atom is 0.347 e. The Labute approximate surface area is 160 Å². The summed E-state index contributed by atoms with van der Waals surface area (Å²) in [6.45, 7) is 4.13. The number of nitrogens with zero attached hydrogens (tertiary/aromatic N) is 6. The first-order valence-electron chi connectivity index (χ1n) is 8.29. The van der Waals surface area contributed by atoms with Crippen molar-refractivity contribution in [1.29, 1.82) is 0 Å². The minimum absolute atomic E-state index is 0.167. The molecule has 0 rings (SSSR count). The third-order valence-corrected chi connectivity index (χ3v) is 9.17. The van der Waals surface area contributed by atoms with E-state index in [1.807, 2.05) is 0 Å². The highest BCUT2D eigenvalue weighted by molar-refractivity contribution is 7.89. The number of unbranched alkanes of at least 4 members (excludes halogenated alkanes) is 1. The van der Waals surface area contributed by atoms with Crippen molar-refractivity contribution in [3.63, 3.8) is 0 Å². The van der Waals surface area contributed by atoms with E-state index in [2.05, 4.69) is 19.5 Å². The van der Waals surface area contributed by atoms with E-state index in [1.165, 1.54) is 0 Å². The molecule has 0 aromatic rings. The van der Waals surface area contributed by atoms with Crippen LogP contribution in [0, 0.1) is 0 Å². The standard InChI is InChI=1S/C12H24N6O6S2Si/c1-3-23-27(24-4-2,11-6-5-10-26(21,22)18-17-14)12(15-16-13)8-7-9-25(19)20/h9,12H,3-8,10-11H2,1-2H3. The van der Waals surface area contributed by atoms with Crippen LogP contribution in [0.2, 0.25) is 6.04 Å². The number of rotatable bonds is 15. The van der Waals surface area contributed by atoms with E-state index in [4.69, 9.17) is 19.9 Å². The van der Waals surface area contributed by atoms with Gasteiger partial charge in [0.2, 0.25) is 20.3 Å². The Kier molecular flexibility index (Phi) is 12.7. The molecular weight excluding hydrogens is 416 g/mol. The van der Waals surface area contributed by atoms with Crippen molar-refractivity contribution in [3.8, 4) is 0 Å². The van der Waals surface area contributed by atoms with E-state index in [0.717, 1.165) is 5.37 Å². The predicted molar refractivity (Wildman–Crippen MR) is 103 cm³/mol. The predicted octanol–water partition coefficient (Wildman–Crippen LogP) is 2.60. The van der Waals surface area contributed by atoms with Gasteiger partial charge in [0, 0.05) is 32.9 Å². The van der Waals surface area contributed by atoms with Crippen molar-refractivity contribution in [2.24, 2.45) is 9.63 Å². The van der Waals surface area contributed by atoms with Crippen LogP contribution in [0.25, 0.3) is 20.9 Å². The van der Waals surface area contributed by atoms with Crippen molar-refractivity contribution >= 4 is 34.2 Å². The maximum atomic E-state index is 11.4. The molecule has 0 aliphatic carbocycles. The summed E-state index contributed by atoms with van der Waals surface area (Å²) in [4.78, 5) is 5.12. The van der Waals surface area contributed by atoms with Crippen LogP contribution in [0.15, 0.2) is 9.63 Å². The topological polar surface area (TPSA) is 184 Å². The Morgan fingerprint density at radius 3 is 2.26 bits per heavy atom. The fourth-order valence-electron chi connectivity index (χ4n) is 2.54. The summed E-state index contributed by atoms with van der Waals surface area (Å²) in [5.74, 6) is -0.311. The minimum atomic E-state index is -3.84. The molecule has 0 aliphatic rings. The summed E-state index contributed by atoms with van der Waals surface area (Å²) in [6.07, 6.45) is 1.01. The number of azide groups is 2. The molecule has 1 unspecified atom stereocenters. The van der Waals surface area contributed by atoms with Crippen LogP contribution in [-0.2, 0) is 29.2 Å². The van der Waals surface area contributed by atoms with E-state index in [-0.39, 0.29) is 25.0 Å². The quantitative estimate of drug-likeness (QED) is 0.0940. The molecule has 0 aliphatic heterocycles. The SMILES string of the molecule is CCO[Si](CCCCS(=O)(=O)N=[N+]=[N-])(OCC)C(CCC=S(=O)=O)N=[N+]=[N-]. The molecule has 27 heavy (non-hydrogen) atoms. The zero-order valence-electron chi connectivity index (χ0n) is 15.3. The summed E-state index contributed by atoms with van der Waals surface area (Å²) >= 11 is 0. The van der Waals surface area contributed by atoms with Gasteiger partial charge in [0.1, 0.15) is 0 Å². The first kappa shape index (κ1) is 25.4. The number of hydrogen-bond donors (Lipinski definition) is 0. The van der Waals surface area contributed by atoms with Crippen LogP contribution in [-0.4, -0.2) is 55.4 Å². The highest BCUT2D eigenvalue weighted by Crippen LogP contribution is 2.27. The van der Waals surface area contributed by atoms with Gasteiger partial charge in [-0.05, 0) is 50.2 Å². The van der Waals surface area contributed by atoms with Gasteiger partial charge in [0.05, 0.1) is 11.4 Å². The van der Waals surface area contributed by atoms with Crippen LogP contribution in [0.5, 0.6) is 0 Å². The van der Waals surface area contributed by atoms with Gasteiger partial charge in [0.15, 0.2) is 0 Å². The second kappa shape index (κ2) is 13.5. The second-order valence-corrected chi connectivity index (χ2v) is 11.3. The van der Waals surface area contributed by atoms with E-state index < -0.39 is 34.5 Å². The summed E-state index contributed by atoms with van der Waals surface area (Å²) in [6, 6.07) is 0.352. The van der Waals surface area contributed by atoms with E-state index in [9.17, 15) is 16.8 Å². The molecule has 1 atom stereocenters. The van der Waals surface area contributed by atoms with Crippen molar-refractivity contribution < 1.29 is 25.7 Å². The van der Waals surface area contributed by atoms with Crippen LogP contribution in [0.3, 0.4) is 0 Å². The van der Waals surface area contributed by atoms with E-state index >= 15 is 0 Å². The van der Waals surface area contributed by atoms with Gasteiger partial charge in [-0.1, -0.05) is 11.5 Å². The number of sulfonamides is 1. The highest BCUT2D eigenvalue weighted by Gasteiger charge is 2.44. The van der Waals surface area contributed by atoms with Gasteiger partial charge >= 0.3 is 8.56 Å². The smallest absolute Gasteiger partial charge is 0.347 e. The average molecular weight is 441 g/mol. The Bertz CT molecular complexity index is 775. The molecule has 0 saturated heterocycles. The second-order valence-electron chi connectivity index (χ2n) is 5.32. The molecule has 0 N–H and O–H groups in total. The Morgan fingerprint density at radius 1 is 1.15 bits per heavy atom. The molecule has 0 amide bonds. The van der Waals surface area contributed by atoms with Crippen LogP contribution >= 0.6 is 0 Å². The van der Waals surface area contributed by atoms with Gasteiger partial charge in [-0.2, -0.15) is 8.42 Å². The van der Waals surface area contributed by atoms with Crippen molar-refractivity contribution in [1.82, 2.24) is 0 Å². The van der Waals surface area contributed by atoms with Crippen LogP contribution in [0.4, 0.5) is 0 Å². The molecule has 15 heteroatoms. The van der Waals surface area contributed by atoms with E-state index in [0.29, 0.717) is 25.7 Å². The lowest BCUT2D eigenvalue weighted by molar-refractivity contribution is 0.171. The molecule has 0 bridgehead atoms. The molecule has 154 valence electrons. The lowest BCUT2D eigenvalue weighted by Gasteiger charge is -2.34. The summed E-state index contributed by atoms with van der Waals surface area (Å²) in [5.41, 5.74) is 16.5. The molecule has 0 aromatic heterocycles. The third-order valence-electron chi connectivity index (χ3n) is 3.51. The summed E-state index contributed by atoms with van der Waals surface area (Å²) in [5, 5.41) is 4.85. The van der Waals surface area contributed by atoms with Crippen molar-refractivity contribution in [3.05, 3.63) is 20.9 Å². The first-order chi connectivity index (χ1) is 12.8. The molecule has 12 nitrogen and oxygen atoms in total. The first-order valence-corrected chi connectivity index (χ1v) is 13.1. The molecule has 0 aromatic carbocycles. The summed E-state index contributed by atoms with van der Waals surface area (Å²) < 4.78 is 58.8.